The summed E-state index contributed by atoms with van der Waals surface area (Å²) in [6.45, 7) is 20.2. The molecule has 2 aromatic carbocycles. The van der Waals surface area contributed by atoms with Crippen molar-refractivity contribution in [2.24, 2.45) is 0 Å². The summed E-state index contributed by atoms with van der Waals surface area (Å²) >= 11 is 0. The quantitative estimate of drug-likeness (QED) is 0.325. The van der Waals surface area contributed by atoms with E-state index >= 15 is 0 Å². The Bertz CT molecular complexity index is 701. The second-order valence-corrected chi connectivity index (χ2v) is 8.01. The van der Waals surface area contributed by atoms with E-state index < -0.39 is 0 Å². The van der Waals surface area contributed by atoms with Gasteiger partial charge in [0.1, 0.15) is 0 Å². The molecule has 0 unspecified atom stereocenters. The molecule has 0 spiro atoms. The summed E-state index contributed by atoms with van der Waals surface area (Å²) in [5.41, 5.74) is 6.72. The Balaban J connectivity index is 0.000000547. The van der Waals surface area contributed by atoms with Crippen molar-refractivity contribution in [1.82, 2.24) is 0 Å². The molecule has 1 nitrogen and oxygen atoms in total. The van der Waals surface area contributed by atoms with Crippen LogP contribution in [0, 0.1) is 13.8 Å². The highest BCUT2D eigenvalue weighted by molar-refractivity contribution is 5.56. The fourth-order valence-corrected chi connectivity index (χ4v) is 3.45. The summed E-state index contributed by atoms with van der Waals surface area (Å²) in [6, 6.07) is 17.4. The van der Waals surface area contributed by atoms with Gasteiger partial charge in [0, 0.05) is 17.9 Å². The second-order valence-electron chi connectivity index (χ2n) is 8.01. The predicted octanol–water partition coefficient (Wildman–Crippen LogP) is 9.67. The van der Waals surface area contributed by atoms with Crippen LogP contribution < -0.4 is 4.90 Å². The van der Waals surface area contributed by atoms with Crippen LogP contribution in [0.25, 0.3) is 0 Å². The summed E-state index contributed by atoms with van der Waals surface area (Å²) in [6.07, 6.45) is 10.1. The second kappa shape index (κ2) is 18.7. The molecule has 31 heavy (non-hydrogen) atoms. The molecule has 0 saturated heterocycles. The number of hydrogen-bond acceptors (Lipinski definition) is 1. The number of para-hydroxylation sites is 1. The Morgan fingerprint density at radius 2 is 1.48 bits per heavy atom. The lowest BCUT2D eigenvalue weighted by molar-refractivity contribution is 0.667. The van der Waals surface area contributed by atoms with Crippen LogP contribution in [0.4, 0.5) is 5.69 Å². The van der Waals surface area contributed by atoms with Gasteiger partial charge in [0.2, 0.25) is 0 Å². The number of hydrogen-bond donors (Lipinski definition) is 0. The Hall–Kier alpha value is -2.02. The minimum Gasteiger partial charge on any atom is -0.346 e. The lowest BCUT2D eigenvalue weighted by Crippen LogP contribution is -2.23. The molecule has 174 valence electrons. The number of anilines is 1. The molecule has 0 aromatic heterocycles. The fourth-order valence-electron chi connectivity index (χ4n) is 3.45. The molecule has 0 aliphatic carbocycles. The molecule has 0 radical (unpaired) electrons. The van der Waals surface area contributed by atoms with Crippen LogP contribution in [0.2, 0.25) is 0 Å². The molecule has 2 rings (SSSR count). The highest BCUT2D eigenvalue weighted by atomic mass is 15.1. The first-order valence-corrected chi connectivity index (χ1v) is 12.6. The summed E-state index contributed by atoms with van der Waals surface area (Å²) < 4.78 is 0. The molecule has 1 heteroatoms. The maximum atomic E-state index is 4.17. The van der Waals surface area contributed by atoms with Gasteiger partial charge in [-0.15, -0.1) is 0 Å². The number of benzene rings is 2. The zero-order valence-corrected chi connectivity index (χ0v) is 21.6. The average molecular weight is 424 g/mol. The maximum Gasteiger partial charge on any atom is 0.0437 e. The zero-order valence-electron chi connectivity index (χ0n) is 21.6. The predicted molar refractivity (Wildman–Crippen MR) is 143 cm³/mol. The first-order valence-electron chi connectivity index (χ1n) is 12.6. The first kappa shape index (κ1) is 29.0. The third-order valence-corrected chi connectivity index (χ3v) is 5.33. The lowest BCUT2D eigenvalue weighted by Gasteiger charge is -2.27. The Labute approximate surface area is 194 Å². The molecule has 0 N–H and O–H groups in total. The van der Waals surface area contributed by atoms with Gasteiger partial charge in [-0.25, -0.2) is 0 Å². The van der Waals surface area contributed by atoms with Crippen LogP contribution in [0.5, 0.6) is 0 Å². The van der Waals surface area contributed by atoms with Crippen molar-refractivity contribution in [2.75, 3.05) is 11.4 Å². The zero-order chi connectivity index (χ0) is 23.5. The van der Waals surface area contributed by atoms with Crippen molar-refractivity contribution in [3.8, 4) is 0 Å². The number of allylic oxidation sites excluding steroid dienone is 1. The van der Waals surface area contributed by atoms with E-state index in [1.807, 2.05) is 13.8 Å². The van der Waals surface area contributed by atoms with E-state index in [1.165, 1.54) is 73.0 Å². The van der Waals surface area contributed by atoms with Crippen LogP contribution in [-0.4, -0.2) is 6.54 Å². The van der Waals surface area contributed by atoms with Gasteiger partial charge in [-0.05, 0) is 56.7 Å². The fraction of sp³-hybridized carbons (Fsp3) is 0.533. The molecule has 2 aromatic rings. The average Bonchev–Trinajstić information content (AvgIpc) is 2.79. The SMILES string of the molecule is C=C(CC)N(CCCC)c1ccccc1C.CC.CCCCCCc1cccc(C)c1. The first-order chi connectivity index (χ1) is 15.0. The van der Waals surface area contributed by atoms with Gasteiger partial charge in [0.15, 0.2) is 0 Å². The van der Waals surface area contributed by atoms with Crippen molar-refractivity contribution in [1.29, 1.82) is 0 Å². The third-order valence-electron chi connectivity index (χ3n) is 5.33. The van der Waals surface area contributed by atoms with E-state index in [2.05, 4.69) is 94.6 Å². The molecule has 0 amide bonds. The van der Waals surface area contributed by atoms with Gasteiger partial charge < -0.3 is 4.90 Å². The van der Waals surface area contributed by atoms with Crippen LogP contribution >= 0.6 is 0 Å². The summed E-state index contributed by atoms with van der Waals surface area (Å²) in [5.74, 6) is 0. The summed E-state index contributed by atoms with van der Waals surface area (Å²) in [4.78, 5) is 2.36. The lowest BCUT2D eigenvalue weighted by atomic mass is 10.0. The van der Waals surface area contributed by atoms with Gasteiger partial charge in [-0.2, -0.15) is 0 Å². The van der Waals surface area contributed by atoms with E-state index in [0.29, 0.717) is 0 Å². The van der Waals surface area contributed by atoms with Crippen LogP contribution in [0.15, 0.2) is 60.8 Å². The van der Waals surface area contributed by atoms with E-state index in [-0.39, 0.29) is 0 Å². The van der Waals surface area contributed by atoms with Crippen molar-refractivity contribution in [3.05, 3.63) is 77.5 Å². The van der Waals surface area contributed by atoms with Gasteiger partial charge in [0.25, 0.3) is 0 Å². The molecule has 0 aliphatic heterocycles. The van der Waals surface area contributed by atoms with Crippen LogP contribution in [-0.2, 0) is 6.42 Å². The number of rotatable bonds is 11. The maximum absolute atomic E-state index is 4.17. The third kappa shape index (κ3) is 12.4. The van der Waals surface area contributed by atoms with Crippen molar-refractivity contribution >= 4 is 5.69 Å². The smallest absolute Gasteiger partial charge is 0.0437 e. The number of nitrogens with zero attached hydrogens (tertiary/aromatic N) is 1. The normalized spacial score (nSPS) is 9.77. The van der Waals surface area contributed by atoms with E-state index in [4.69, 9.17) is 0 Å². The monoisotopic (exact) mass is 423 g/mol. The van der Waals surface area contributed by atoms with Crippen molar-refractivity contribution < 1.29 is 0 Å². The molecule has 0 heterocycles. The summed E-state index contributed by atoms with van der Waals surface area (Å²) in [5, 5.41) is 0. The molecule has 0 bridgehead atoms. The van der Waals surface area contributed by atoms with E-state index in [1.54, 1.807) is 0 Å². The molecule has 0 fully saturated rings. The van der Waals surface area contributed by atoms with Gasteiger partial charge in [-0.3, -0.25) is 0 Å². The van der Waals surface area contributed by atoms with Gasteiger partial charge >= 0.3 is 0 Å². The Kier molecular flexibility index (Phi) is 17.5. The van der Waals surface area contributed by atoms with Gasteiger partial charge in [-0.1, -0.05) is 115 Å². The molecule has 0 saturated carbocycles. The molecular weight excluding hydrogens is 374 g/mol. The minimum absolute atomic E-state index is 1.01. The molecule has 0 aliphatic rings. The molecular formula is C30H49N. The summed E-state index contributed by atoms with van der Waals surface area (Å²) in [7, 11) is 0. The van der Waals surface area contributed by atoms with Crippen LogP contribution in [0.1, 0.15) is 96.3 Å². The Morgan fingerprint density at radius 1 is 0.806 bits per heavy atom. The van der Waals surface area contributed by atoms with E-state index in [0.717, 1.165) is 13.0 Å². The highest BCUT2D eigenvalue weighted by Gasteiger charge is 2.10. The largest absolute Gasteiger partial charge is 0.346 e. The topological polar surface area (TPSA) is 3.24 Å². The Morgan fingerprint density at radius 3 is 2.06 bits per heavy atom. The van der Waals surface area contributed by atoms with Gasteiger partial charge in [0.05, 0.1) is 0 Å². The number of aryl methyl sites for hydroxylation is 3. The highest BCUT2D eigenvalue weighted by Crippen LogP contribution is 2.24. The molecule has 0 atom stereocenters. The standard InChI is InChI=1S/C15H23N.C13H20.C2H6/c1-5-7-12-16(14(4)6-2)15-11-9-8-10-13(15)3;1-3-4-5-6-9-13-10-7-8-12(2)11-13;1-2/h8-11H,4-7,12H2,1-3H3;7-8,10-11H,3-6,9H2,1-2H3;1-2H3. The minimum atomic E-state index is 1.01. The van der Waals surface area contributed by atoms with Crippen molar-refractivity contribution in [2.45, 2.75) is 99.8 Å². The van der Waals surface area contributed by atoms with Crippen LogP contribution in [0.3, 0.4) is 0 Å². The van der Waals surface area contributed by atoms with Crippen molar-refractivity contribution in [3.63, 3.8) is 0 Å². The van der Waals surface area contributed by atoms with E-state index in [9.17, 15) is 0 Å². The number of unbranched alkanes of at least 4 members (excludes halogenated alkanes) is 4.